The second-order valence-electron chi connectivity index (χ2n) is 9.33. The second kappa shape index (κ2) is 11.1. The minimum absolute atomic E-state index is 0.130. The number of hydrogen-bond donors (Lipinski definition) is 2. The molecular weight excluding hydrogens is 446 g/mol. The number of carbonyl (C=O) groups is 1. The van der Waals surface area contributed by atoms with E-state index in [0.717, 1.165) is 36.6 Å². The van der Waals surface area contributed by atoms with Crippen molar-refractivity contribution < 1.29 is 4.79 Å². The van der Waals surface area contributed by atoms with Gasteiger partial charge in [0.05, 0.1) is 5.69 Å². The Bertz CT molecular complexity index is 1310. The van der Waals surface area contributed by atoms with Crippen LogP contribution in [0.4, 0.5) is 17.3 Å². The first-order chi connectivity index (χ1) is 17.6. The molecular formula is C30H31N5O. The molecule has 0 radical (unpaired) electrons. The van der Waals surface area contributed by atoms with Gasteiger partial charge in [-0.25, -0.2) is 9.97 Å². The summed E-state index contributed by atoms with van der Waals surface area (Å²) in [6.45, 7) is 5.33. The molecule has 3 aromatic carbocycles. The van der Waals surface area contributed by atoms with E-state index in [4.69, 9.17) is 0 Å². The zero-order valence-corrected chi connectivity index (χ0v) is 20.6. The van der Waals surface area contributed by atoms with Gasteiger partial charge in [0.1, 0.15) is 0 Å². The van der Waals surface area contributed by atoms with Crippen molar-refractivity contribution in [1.29, 1.82) is 0 Å². The topological polar surface area (TPSA) is 70.2 Å². The highest BCUT2D eigenvalue weighted by molar-refractivity contribution is 6.04. The summed E-state index contributed by atoms with van der Waals surface area (Å²) in [6.07, 6.45) is 5.63. The first-order valence-electron chi connectivity index (χ1n) is 12.5. The minimum Gasteiger partial charge on any atom is -0.324 e. The monoisotopic (exact) mass is 477 g/mol. The average molecular weight is 478 g/mol. The van der Waals surface area contributed by atoms with Crippen molar-refractivity contribution in [3.05, 3.63) is 102 Å². The van der Waals surface area contributed by atoms with Crippen LogP contribution in [-0.4, -0.2) is 33.9 Å². The first kappa shape index (κ1) is 23.7. The molecule has 6 nitrogen and oxygen atoms in total. The van der Waals surface area contributed by atoms with E-state index in [0.29, 0.717) is 17.2 Å². The molecule has 4 aromatic rings. The van der Waals surface area contributed by atoms with Gasteiger partial charge in [0.15, 0.2) is 0 Å². The second-order valence-corrected chi connectivity index (χ2v) is 9.33. The smallest absolute Gasteiger partial charge is 0.255 e. The Morgan fingerprint density at radius 3 is 2.42 bits per heavy atom. The highest BCUT2D eigenvalue weighted by Gasteiger charge is 2.12. The van der Waals surface area contributed by atoms with Gasteiger partial charge in [0, 0.05) is 35.2 Å². The predicted octanol–water partition coefficient (Wildman–Crippen LogP) is 6.43. The van der Waals surface area contributed by atoms with Gasteiger partial charge >= 0.3 is 0 Å². The van der Waals surface area contributed by atoms with Crippen molar-refractivity contribution in [3.8, 4) is 11.3 Å². The molecule has 1 aliphatic rings. The molecule has 6 heteroatoms. The van der Waals surface area contributed by atoms with Crippen LogP contribution in [0.3, 0.4) is 0 Å². The number of amides is 1. The van der Waals surface area contributed by atoms with Gasteiger partial charge in [-0.3, -0.25) is 9.69 Å². The van der Waals surface area contributed by atoms with Crippen molar-refractivity contribution in [2.24, 2.45) is 0 Å². The largest absolute Gasteiger partial charge is 0.324 e. The Labute approximate surface area is 212 Å². The zero-order valence-electron chi connectivity index (χ0n) is 20.6. The van der Waals surface area contributed by atoms with E-state index >= 15 is 0 Å². The number of aryl methyl sites for hydroxylation is 1. The van der Waals surface area contributed by atoms with Gasteiger partial charge in [0.2, 0.25) is 5.95 Å². The molecule has 2 heterocycles. The number of piperidine rings is 1. The fraction of sp³-hybridized carbons (Fsp3) is 0.233. The fourth-order valence-electron chi connectivity index (χ4n) is 4.45. The number of likely N-dealkylation sites (tertiary alicyclic amines) is 1. The van der Waals surface area contributed by atoms with Gasteiger partial charge in [-0.1, -0.05) is 54.4 Å². The lowest BCUT2D eigenvalue weighted by Crippen LogP contribution is -2.29. The number of anilines is 3. The molecule has 182 valence electrons. The molecule has 0 atom stereocenters. The van der Waals surface area contributed by atoms with Crippen LogP contribution in [0.1, 0.15) is 40.7 Å². The summed E-state index contributed by atoms with van der Waals surface area (Å²) in [5.74, 6) is 0.370. The maximum absolute atomic E-state index is 12.8. The standard InChI is InChI=1S/C30H31N5O/c1-22-8-12-24(13-9-22)28-16-17-31-30(34-28)33-27-7-5-6-26(20-27)32-29(36)25-14-10-23(11-15-25)21-35-18-3-2-4-19-35/h5-17,20H,2-4,18-19,21H2,1H3,(H,32,36)(H,31,33,34). The number of aromatic nitrogens is 2. The Hall–Kier alpha value is -4.03. The highest BCUT2D eigenvalue weighted by Crippen LogP contribution is 2.22. The molecule has 1 amide bonds. The fourth-order valence-corrected chi connectivity index (χ4v) is 4.45. The Kier molecular flexibility index (Phi) is 7.33. The Morgan fingerprint density at radius 1 is 0.889 bits per heavy atom. The van der Waals surface area contributed by atoms with E-state index in [1.54, 1.807) is 6.20 Å². The number of nitrogens with zero attached hydrogens (tertiary/aromatic N) is 3. The van der Waals surface area contributed by atoms with Crippen LogP contribution >= 0.6 is 0 Å². The third-order valence-corrected chi connectivity index (χ3v) is 6.45. The van der Waals surface area contributed by atoms with Crippen LogP contribution in [0.2, 0.25) is 0 Å². The number of carbonyl (C=O) groups excluding carboxylic acids is 1. The highest BCUT2D eigenvalue weighted by atomic mass is 16.1. The van der Waals surface area contributed by atoms with E-state index in [-0.39, 0.29) is 5.91 Å². The van der Waals surface area contributed by atoms with E-state index in [9.17, 15) is 4.79 Å². The van der Waals surface area contributed by atoms with Crippen LogP contribution in [0.25, 0.3) is 11.3 Å². The van der Waals surface area contributed by atoms with Gasteiger partial charge < -0.3 is 10.6 Å². The Morgan fingerprint density at radius 2 is 1.64 bits per heavy atom. The van der Waals surface area contributed by atoms with Crippen molar-refractivity contribution in [1.82, 2.24) is 14.9 Å². The van der Waals surface area contributed by atoms with E-state index in [1.165, 1.54) is 30.4 Å². The quantitative estimate of drug-likeness (QED) is 0.321. The number of hydrogen-bond acceptors (Lipinski definition) is 5. The summed E-state index contributed by atoms with van der Waals surface area (Å²) in [5, 5.41) is 6.24. The number of benzene rings is 3. The maximum Gasteiger partial charge on any atom is 0.255 e. The number of nitrogens with one attached hydrogen (secondary N) is 2. The average Bonchev–Trinajstić information content (AvgIpc) is 2.90. The van der Waals surface area contributed by atoms with Crippen LogP contribution < -0.4 is 10.6 Å². The maximum atomic E-state index is 12.8. The third kappa shape index (κ3) is 6.15. The lowest BCUT2D eigenvalue weighted by Gasteiger charge is -2.26. The molecule has 0 bridgehead atoms. The molecule has 0 unspecified atom stereocenters. The van der Waals surface area contributed by atoms with E-state index in [1.807, 2.05) is 42.5 Å². The van der Waals surface area contributed by atoms with E-state index in [2.05, 4.69) is 68.8 Å². The summed E-state index contributed by atoms with van der Waals surface area (Å²) in [7, 11) is 0. The lowest BCUT2D eigenvalue weighted by molar-refractivity contribution is 0.102. The molecule has 0 saturated carbocycles. The molecule has 1 saturated heterocycles. The van der Waals surface area contributed by atoms with Gasteiger partial charge in [-0.05, 0) is 74.8 Å². The van der Waals surface area contributed by atoms with E-state index < -0.39 is 0 Å². The summed E-state index contributed by atoms with van der Waals surface area (Å²) in [4.78, 5) is 24.3. The molecule has 36 heavy (non-hydrogen) atoms. The zero-order chi connectivity index (χ0) is 24.7. The molecule has 1 aliphatic heterocycles. The lowest BCUT2D eigenvalue weighted by atomic mass is 10.1. The van der Waals surface area contributed by atoms with Gasteiger partial charge in [0.25, 0.3) is 5.91 Å². The summed E-state index contributed by atoms with van der Waals surface area (Å²) in [5.41, 5.74) is 6.48. The number of rotatable bonds is 7. The van der Waals surface area contributed by atoms with Crippen LogP contribution in [0, 0.1) is 6.92 Å². The van der Waals surface area contributed by atoms with Crippen LogP contribution in [-0.2, 0) is 6.54 Å². The van der Waals surface area contributed by atoms with Crippen LogP contribution in [0.5, 0.6) is 0 Å². The molecule has 1 fully saturated rings. The van der Waals surface area contributed by atoms with Crippen molar-refractivity contribution >= 4 is 23.2 Å². The molecule has 2 N–H and O–H groups in total. The first-order valence-corrected chi connectivity index (χ1v) is 12.5. The minimum atomic E-state index is -0.130. The Balaban J connectivity index is 1.22. The summed E-state index contributed by atoms with van der Waals surface area (Å²) < 4.78 is 0. The van der Waals surface area contributed by atoms with Gasteiger partial charge in [-0.15, -0.1) is 0 Å². The predicted molar refractivity (Wildman–Crippen MR) is 145 cm³/mol. The molecule has 5 rings (SSSR count). The van der Waals surface area contributed by atoms with Gasteiger partial charge in [-0.2, -0.15) is 0 Å². The molecule has 0 aliphatic carbocycles. The normalized spacial score (nSPS) is 13.8. The van der Waals surface area contributed by atoms with Crippen molar-refractivity contribution in [2.45, 2.75) is 32.7 Å². The molecule has 1 aromatic heterocycles. The molecule has 0 spiro atoms. The summed E-state index contributed by atoms with van der Waals surface area (Å²) in [6, 6.07) is 25.6. The SMILES string of the molecule is Cc1ccc(-c2ccnc(Nc3cccc(NC(=O)c4ccc(CN5CCCCC5)cc4)c3)n2)cc1. The summed E-state index contributed by atoms with van der Waals surface area (Å²) >= 11 is 0. The van der Waals surface area contributed by atoms with Crippen molar-refractivity contribution in [2.75, 3.05) is 23.7 Å². The van der Waals surface area contributed by atoms with Crippen molar-refractivity contribution in [3.63, 3.8) is 0 Å². The third-order valence-electron chi connectivity index (χ3n) is 6.45. The van der Waals surface area contributed by atoms with Crippen LogP contribution in [0.15, 0.2) is 85.1 Å².